The van der Waals surface area contributed by atoms with Gasteiger partial charge in [0.25, 0.3) is 0 Å². The summed E-state index contributed by atoms with van der Waals surface area (Å²) in [6, 6.07) is 2.40. The second kappa shape index (κ2) is 5.55. The van der Waals surface area contributed by atoms with Crippen LogP contribution in [0.15, 0.2) is 0 Å². The standard InChI is InChI=1S/C12H21N3O2S/c1-10(9-13)18(16,17)15-7-4-11(5-8-15)12-3-2-6-14-12/h10-12,14H,2-8H2,1H3. The van der Waals surface area contributed by atoms with Gasteiger partial charge in [0.2, 0.25) is 10.0 Å². The van der Waals surface area contributed by atoms with Crippen molar-refractivity contribution in [3.05, 3.63) is 0 Å². The molecular weight excluding hydrogens is 250 g/mol. The van der Waals surface area contributed by atoms with Crippen LogP contribution in [0.2, 0.25) is 0 Å². The summed E-state index contributed by atoms with van der Waals surface area (Å²) >= 11 is 0. The third-order valence-electron chi connectivity index (χ3n) is 4.15. The highest BCUT2D eigenvalue weighted by Crippen LogP contribution is 2.27. The van der Waals surface area contributed by atoms with Crippen LogP contribution in [0.1, 0.15) is 32.6 Å². The van der Waals surface area contributed by atoms with Gasteiger partial charge in [-0.05, 0) is 45.1 Å². The number of nitrogens with zero attached hydrogens (tertiary/aromatic N) is 2. The van der Waals surface area contributed by atoms with Gasteiger partial charge in [-0.15, -0.1) is 0 Å². The summed E-state index contributed by atoms with van der Waals surface area (Å²) in [5, 5.41) is 11.3. The topological polar surface area (TPSA) is 73.2 Å². The predicted molar refractivity (Wildman–Crippen MR) is 69.3 cm³/mol. The maximum Gasteiger partial charge on any atom is 0.230 e. The van der Waals surface area contributed by atoms with Crippen molar-refractivity contribution in [2.45, 2.75) is 43.9 Å². The minimum Gasteiger partial charge on any atom is -0.314 e. The highest BCUT2D eigenvalue weighted by molar-refractivity contribution is 7.89. The third-order valence-corrected chi connectivity index (χ3v) is 6.24. The van der Waals surface area contributed by atoms with Gasteiger partial charge in [0.05, 0.1) is 6.07 Å². The number of piperidine rings is 1. The molecule has 6 heteroatoms. The van der Waals surface area contributed by atoms with Gasteiger partial charge in [-0.2, -0.15) is 5.26 Å². The average Bonchev–Trinajstić information content (AvgIpc) is 2.91. The van der Waals surface area contributed by atoms with Gasteiger partial charge in [-0.3, -0.25) is 0 Å². The number of rotatable bonds is 3. The number of hydrogen-bond acceptors (Lipinski definition) is 4. The summed E-state index contributed by atoms with van der Waals surface area (Å²) in [7, 11) is -3.41. The maximum absolute atomic E-state index is 12.0. The lowest BCUT2D eigenvalue weighted by Gasteiger charge is -2.34. The molecule has 0 bridgehead atoms. The van der Waals surface area contributed by atoms with Gasteiger partial charge in [-0.1, -0.05) is 0 Å². The smallest absolute Gasteiger partial charge is 0.230 e. The number of sulfonamides is 1. The van der Waals surface area contributed by atoms with Gasteiger partial charge >= 0.3 is 0 Å². The van der Waals surface area contributed by atoms with Gasteiger partial charge in [0, 0.05) is 19.1 Å². The highest BCUT2D eigenvalue weighted by Gasteiger charge is 2.35. The average molecular weight is 271 g/mol. The zero-order valence-corrected chi connectivity index (χ0v) is 11.6. The fraction of sp³-hybridized carbons (Fsp3) is 0.917. The molecule has 2 heterocycles. The van der Waals surface area contributed by atoms with E-state index in [1.54, 1.807) is 0 Å². The van der Waals surface area contributed by atoms with Crippen LogP contribution in [0.5, 0.6) is 0 Å². The van der Waals surface area contributed by atoms with E-state index in [-0.39, 0.29) is 0 Å². The first kappa shape index (κ1) is 13.8. The Kier molecular flexibility index (Phi) is 4.25. The molecule has 18 heavy (non-hydrogen) atoms. The van der Waals surface area contributed by atoms with Crippen molar-refractivity contribution in [3.8, 4) is 6.07 Å². The Morgan fingerprint density at radius 2 is 2.00 bits per heavy atom. The summed E-state index contributed by atoms with van der Waals surface area (Å²) in [6.07, 6.45) is 4.27. The van der Waals surface area contributed by atoms with E-state index in [0.29, 0.717) is 25.0 Å². The normalized spacial score (nSPS) is 29.0. The summed E-state index contributed by atoms with van der Waals surface area (Å²) in [5.74, 6) is 0.594. The van der Waals surface area contributed by atoms with Crippen molar-refractivity contribution in [1.29, 1.82) is 5.26 Å². The van der Waals surface area contributed by atoms with Gasteiger partial charge in [-0.25, -0.2) is 12.7 Å². The molecule has 0 radical (unpaired) electrons. The van der Waals surface area contributed by atoms with Crippen LogP contribution in [-0.2, 0) is 10.0 Å². The molecular formula is C12H21N3O2S. The fourth-order valence-electron chi connectivity index (χ4n) is 2.94. The Morgan fingerprint density at radius 3 is 2.50 bits per heavy atom. The van der Waals surface area contributed by atoms with Crippen molar-refractivity contribution >= 4 is 10.0 Å². The molecule has 2 fully saturated rings. The van der Waals surface area contributed by atoms with E-state index in [1.807, 2.05) is 6.07 Å². The lowest BCUT2D eigenvalue weighted by Crippen LogP contribution is -2.45. The van der Waals surface area contributed by atoms with Crippen LogP contribution in [-0.4, -0.2) is 43.6 Å². The molecule has 102 valence electrons. The van der Waals surface area contributed by atoms with Crippen molar-refractivity contribution in [2.24, 2.45) is 5.92 Å². The Morgan fingerprint density at radius 1 is 1.33 bits per heavy atom. The van der Waals surface area contributed by atoms with E-state index in [2.05, 4.69) is 5.32 Å². The molecule has 0 saturated carbocycles. The second-order valence-corrected chi connectivity index (χ2v) is 7.51. The molecule has 0 amide bonds. The van der Waals surface area contributed by atoms with Crippen LogP contribution in [0.3, 0.4) is 0 Å². The second-order valence-electron chi connectivity index (χ2n) is 5.26. The highest BCUT2D eigenvalue weighted by atomic mass is 32.2. The Hall–Kier alpha value is -0.640. The van der Waals surface area contributed by atoms with Gasteiger partial charge < -0.3 is 5.32 Å². The first-order valence-electron chi connectivity index (χ1n) is 6.67. The van der Waals surface area contributed by atoms with E-state index in [1.165, 1.54) is 24.1 Å². The summed E-state index contributed by atoms with van der Waals surface area (Å²) < 4.78 is 25.6. The van der Waals surface area contributed by atoms with Crippen molar-refractivity contribution in [2.75, 3.05) is 19.6 Å². The number of hydrogen-bond donors (Lipinski definition) is 1. The Labute approximate surface area is 109 Å². The van der Waals surface area contributed by atoms with Crippen LogP contribution >= 0.6 is 0 Å². The molecule has 2 aliphatic heterocycles. The minimum absolute atomic E-state index is 0.567. The zero-order chi connectivity index (χ0) is 13.2. The minimum atomic E-state index is -3.41. The Balaban J connectivity index is 1.92. The maximum atomic E-state index is 12.0. The molecule has 2 atom stereocenters. The summed E-state index contributed by atoms with van der Waals surface area (Å²) in [6.45, 7) is 3.68. The van der Waals surface area contributed by atoms with Gasteiger partial charge in [0.1, 0.15) is 0 Å². The molecule has 5 nitrogen and oxygen atoms in total. The van der Waals surface area contributed by atoms with Gasteiger partial charge in [0.15, 0.2) is 5.25 Å². The molecule has 0 aromatic heterocycles. The monoisotopic (exact) mass is 271 g/mol. The third kappa shape index (κ3) is 2.68. The number of nitrogens with one attached hydrogen (secondary N) is 1. The molecule has 0 aromatic carbocycles. The van der Waals surface area contributed by atoms with Crippen molar-refractivity contribution < 1.29 is 8.42 Å². The molecule has 0 aliphatic carbocycles. The predicted octanol–water partition coefficient (Wildman–Crippen LogP) is 0.692. The fourth-order valence-corrected chi connectivity index (χ4v) is 4.24. The first-order chi connectivity index (χ1) is 8.55. The van der Waals surface area contributed by atoms with Crippen LogP contribution in [0.4, 0.5) is 0 Å². The molecule has 2 saturated heterocycles. The van der Waals surface area contributed by atoms with Crippen LogP contribution in [0.25, 0.3) is 0 Å². The lowest BCUT2D eigenvalue weighted by atomic mass is 9.89. The zero-order valence-electron chi connectivity index (χ0n) is 10.8. The van der Waals surface area contributed by atoms with E-state index in [9.17, 15) is 8.42 Å². The molecule has 0 spiro atoms. The first-order valence-corrected chi connectivity index (χ1v) is 8.18. The van der Waals surface area contributed by atoms with E-state index in [0.717, 1.165) is 19.4 Å². The van der Waals surface area contributed by atoms with E-state index in [4.69, 9.17) is 5.26 Å². The van der Waals surface area contributed by atoms with Crippen LogP contribution < -0.4 is 5.32 Å². The molecule has 0 aromatic rings. The number of nitriles is 1. The van der Waals surface area contributed by atoms with E-state index >= 15 is 0 Å². The SMILES string of the molecule is CC(C#N)S(=O)(=O)N1CCC(C2CCCN2)CC1. The summed E-state index contributed by atoms with van der Waals surface area (Å²) in [5.41, 5.74) is 0. The van der Waals surface area contributed by atoms with Crippen molar-refractivity contribution in [1.82, 2.24) is 9.62 Å². The Bertz CT molecular complexity index is 415. The van der Waals surface area contributed by atoms with E-state index < -0.39 is 15.3 Å². The summed E-state index contributed by atoms with van der Waals surface area (Å²) in [4.78, 5) is 0. The molecule has 2 rings (SSSR count). The molecule has 2 unspecified atom stereocenters. The van der Waals surface area contributed by atoms with Crippen LogP contribution in [0, 0.1) is 17.2 Å². The largest absolute Gasteiger partial charge is 0.314 e. The quantitative estimate of drug-likeness (QED) is 0.819. The molecule has 1 N–H and O–H groups in total. The lowest BCUT2D eigenvalue weighted by molar-refractivity contribution is 0.233. The molecule has 2 aliphatic rings. The van der Waals surface area contributed by atoms with Crippen molar-refractivity contribution in [3.63, 3.8) is 0 Å².